The molecule has 0 saturated carbocycles. The van der Waals surface area contributed by atoms with Crippen LogP contribution < -0.4 is 5.73 Å². The molecule has 0 radical (unpaired) electrons. The predicted octanol–water partition coefficient (Wildman–Crippen LogP) is 1.13. The van der Waals surface area contributed by atoms with Crippen molar-refractivity contribution < 1.29 is 0 Å². The largest absolute Gasteiger partial charge is 0.325 e. The van der Waals surface area contributed by atoms with Crippen molar-refractivity contribution in [2.24, 2.45) is 5.73 Å². The zero-order valence-corrected chi connectivity index (χ0v) is 9.51. The minimum Gasteiger partial charge on any atom is -0.325 e. The molecule has 0 amide bonds. The normalized spacial score (nSPS) is 10.7. The van der Waals surface area contributed by atoms with Crippen LogP contribution in [-0.2, 0) is 13.1 Å². The Balaban J connectivity index is 2.41. The summed E-state index contributed by atoms with van der Waals surface area (Å²) in [5, 5.41) is 4.42. The van der Waals surface area contributed by atoms with Crippen LogP contribution in [0.4, 0.5) is 0 Å². The van der Waals surface area contributed by atoms with Gasteiger partial charge in [-0.1, -0.05) is 0 Å². The van der Waals surface area contributed by atoms with E-state index in [-0.39, 0.29) is 0 Å². The molecule has 16 heavy (non-hydrogen) atoms. The molecule has 2 N–H and O–H groups in total. The van der Waals surface area contributed by atoms with Crippen LogP contribution in [0.1, 0.15) is 18.3 Å². The zero-order valence-electron chi connectivity index (χ0n) is 9.51. The van der Waals surface area contributed by atoms with E-state index in [0.29, 0.717) is 12.4 Å². The topological polar surface area (TPSA) is 69.6 Å². The average molecular weight is 217 g/mol. The molecule has 0 spiro atoms. The fourth-order valence-corrected chi connectivity index (χ4v) is 1.57. The summed E-state index contributed by atoms with van der Waals surface area (Å²) in [5.41, 5.74) is 8.28. The molecule has 84 valence electrons. The molecule has 0 atom stereocenters. The maximum atomic E-state index is 5.54. The van der Waals surface area contributed by atoms with E-state index in [1.807, 2.05) is 23.7 Å². The van der Waals surface area contributed by atoms with Crippen LogP contribution in [-0.4, -0.2) is 19.7 Å². The molecule has 0 unspecified atom stereocenters. The Labute approximate surface area is 94.3 Å². The number of hydrogen-bond acceptors (Lipinski definition) is 4. The van der Waals surface area contributed by atoms with Crippen molar-refractivity contribution in [1.29, 1.82) is 0 Å². The first kappa shape index (κ1) is 10.8. The number of nitrogens with zero attached hydrogens (tertiary/aromatic N) is 4. The quantitative estimate of drug-likeness (QED) is 0.836. The number of hydrogen-bond donors (Lipinski definition) is 1. The van der Waals surface area contributed by atoms with Gasteiger partial charge in [-0.05, 0) is 26.0 Å². The van der Waals surface area contributed by atoms with E-state index in [2.05, 4.69) is 22.0 Å². The van der Waals surface area contributed by atoms with Crippen LogP contribution in [0.2, 0.25) is 0 Å². The van der Waals surface area contributed by atoms with Gasteiger partial charge in [0.1, 0.15) is 5.69 Å². The molecule has 2 rings (SSSR count). The molecule has 5 heteroatoms. The highest BCUT2D eigenvalue weighted by atomic mass is 15.3. The summed E-state index contributed by atoms with van der Waals surface area (Å²) in [7, 11) is 0. The van der Waals surface area contributed by atoms with Gasteiger partial charge in [-0.3, -0.25) is 4.68 Å². The highest BCUT2D eigenvalue weighted by Crippen LogP contribution is 2.14. The fraction of sp³-hybridized carbons (Fsp3) is 0.364. The first-order valence-corrected chi connectivity index (χ1v) is 5.31. The van der Waals surface area contributed by atoms with Gasteiger partial charge >= 0.3 is 0 Å². The molecular formula is C11H15N5. The van der Waals surface area contributed by atoms with Gasteiger partial charge < -0.3 is 5.73 Å². The van der Waals surface area contributed by atoms with Gasteiger partial charge in [-0.25, -0.2) is 9.97 Å². The molecule has 5 nitrogen and oxygen atoms in total. The molecular weight excluding hydrogens is 202 g/mol. The van der Waals surface area contributed by atoms with Crippen molar-refractivity contribution in [3.63, 3.8) is 0 Å². The predicted molar refractivity (Wildman–Crippen MR) is 61.6 cm³/mol. The van der Waals surface area contributed by atoms with Crippen molar-refractivity contribution in [2.45, 2.75) is 26.9 Å². The lowest BCUT2D eigenvalue weighted by Gasteiger charge is -1.98. The first-order valence-electron chi connectivity index (χ1n) is 5.31. The summed E-state index contributed by atoms with van der Waals surface area (Å²) < 4.78 is 1.92. The van der Waals surface area contributed by atoms with Crippen LogP contribution in [0, 0.1) is 6.92 Å². The molecule has 0 bridgehead atoms. The molecule has 0 saturated heterocycles. The minimum atomic E-state index is 0.420. The Kier molecular flexibility index (Phi) is 2.96. The van der Waals surface area contributed by atoms with Gasteiger partial charge in [0.2, 0.25) is 0 Å². The lowest BCUT2D eigenvalue weighted by Crippen LogP contribution is -2.02. The van der Waals surface area contributed by atoms with E-state index in [4.69, 9.17) is 5.73 Å². The van der Waals surface area contributed by atoms with Gasteiger partial charge in [-0.2, -0.15) is 5.10 Å². The van der Waals surface area contributed by atoms with E-state index in [9.17, 15) is 0 Å². The standard InChI is InChI=1S/C11H15N5/c1-3-16-8(2)6-10(15-16)11-13-5-4-9(7-12)14-11/h4-6H,3,7,12H2,1-2H3. The summed E-state index contributed by atoms with van der Waals surface area (Å²) in [5.74, 6) is 0.637. The summed E-state index contributed by atoms with van der Waals surface area (Å²) in [6.45, 7) is 5.35. The Morgan fingerprint density at radius 3 is 2.88 bits per heavy atom. The van der Waals surface area contributed by atoms with Gasteiger partial charge in [0.15, 0.2) is 5.82 Å². The van der Waals surface area contributed by atoms with Crippen molar-refractivity contribution in [3.05, 3.63) is 29.7 Å². The molecule has 0 aliphatic carbocycles. The Morgan fingerprint density at radius 2 is 2.25 bits per heavy atom. The van der Waals surface area contributed by atoms with Crippen molar-refractivity contribution in [1.82, 2.24) is 19.7 Å². The van der Waals surface area contributed by atoms with Crippen LogP contribution in [0.5, 0.6) is 0 Å². The first-order chi connectivity index (χ1) is 7.74. The van der Waals surface area contributed by atoms with Crippen molar-refractivity contribution in [2.75, 3.05) is 0 Å². The van der Waals surface area contributed by atoms with Crippen molar-refractivity contribution >= 4 is 0 Å². The average Bonchev–Trinajstić information content (AvgIpc) is 2.71. The minimum absolute atomic E-state index is 0.420. The summed E-state index contributed by atoms with van der Waals surface area (Å²) in [4.78, 5) is 8.54. The van der Waals surface area contributed by atoms with E-state index >= 15 is 0 Å². The number of aryl methyl sites for hydroxylation is 2. The maximum Gasteiger partial charge on any atom is 0.180 e. The molecule has 2 aromatic heterocycles. The third-order valence-corrected chi connectivity index (χ3v) is 2.43. The van der Waals surface area contributed by atoms with Crippen LogP contribution in [0.3, 0.4) is 0 Å². The molecule has 2 heterocycles. The summed E-state index contributed by atoms with van der Waals surface area (Å²) in [6.07, 6.45) is 1.71. The molecule has 2 aromatic rings. The van der Waals surface area contributed by atoms with Gasteiger partial charge in [0.05, 0.1) is 5.69 Å². The summed E-state index contributed by atoms with van der Waals surface area (Å²) in [6, 6.07) is 3.80. The van der Waals surface area contributed by atoms with Gasteiger partial charge in [-0.15, -0.1) is 0 Å². The Hall–Kier alpha value is -1.75. The fourth-order valence-electron chi connectivity index (χ4n) is 1.57. The monoisotopic (exact) mass is 217 g/mol. The zero-order chi connectivity index (χ0) is 11.5. The molecule has 0 fully saturated rings. The third kappa shape index (κ3) is 1.94. The SMILES string of the molecule is CCn1nc(-c2nccc(CN)n2)cc1C. The number of rotatable bonds is 3. The lowest BCUT2D eigenvalue weighted by atomic mass is 10.3. The van der Waals surface area contributed by atoms with Crippen molar-refractivity contribution in [3.8, 4) is 11.5 Å². The second kappa shape index (κ2) is 4.40. The van der Waals surface area contributed by atoms with E-state index in [1.165, 1.54) is 0 Å². The van der Waals surface area contributed by atoms with Crippen LogP contribution >= 0.6 is 0 Å². The van der Waals surface area contributed by atoms with E-state index in [0.717, 1.165) is 23.6 Å². The Bertz CT molecular complexity index is 489. The number of nitrogens with two attached hydrogens (primary N) is 1. The van der Waals surface area contributed by atoms with Crippen LogP contribution in [0.25, 0.3) is 11.5 Å². The number of aromatic nitrogens is 4. The third-order valence-electron chi connectivity index (χ3n) is 2.43. The van der Waals surface area contributed by atoms with E-state index in [1.54, 1.807) is 6.20 Å². The second-order valence-electron chi connectivity index (χ2n) is 3.56. The summed E-state index contributed by atoms with van der Waals surface area (Å²) >= 11 is 0. The second-order valence-corrected chi connectivity index (χ2v) is 3.56. The highest BCUT2D eigenvalue weighted by molar-refractivity contribution is 5.49. The molecule has 0 aromatic carbocycles. The molecule has 0 aliphatic heterocycles. The van der Waals surface area contributed by atoms with Gasteiger partial charge in [0, 0.05) is 25.0 Å². The Morgan fingerprint density at radius 1 is 1.44 bits per heavy atom. The maximum absolute atomic E-state index is 5.54. The van der Waals surface area contributed by atoms with Gasteiger partial charge in [0.25, 0.3) is 0 Å². The smallest absolute Gasteiger partial charge is 0.180 e. The van der Waals surface area contributed by atoms with Crippen LogP contribution in [0.15, 0.2) is 18.3 Å². The lowest BCUT2D eigenvalue weighted by molar-refractivity contribution is 0.641. The molecule has 0 aliphatic rings. The van der Waals surface area contributed by atoms with E-state index < -0.39 is 0 Å². The highest BCUT2D eigenvalue weighted by Gasteiger charge is 2.08.